The van der Waals surface area contributed by atoms with E-state index >= 15 is 0 Å². The molecule has 82 valence electrons. The lowest BCUT2D eigenvalue weighted by Crippen LogP contribution is -2.12. The molecular weight excluding hydrogens is 260 g/mol. The number of halogens is 1. The minimum Gasteiger partial charge on any atom is -0.385 e. The maximum atomic E-state index is 11.4. The zero-order valence-electron chi connectivity index (χ0n) is 8.50. The molecule has 0 aliphatic carbocycles. The van der Waals surface area contributed by atoms with Crippen molar-refractivity contribution in [2.45, 2.75) is 12.8 Å². The number of nitrogens with one attached hydrogen (secondary N) is 1. The molecule has 5 heteroatoms. The molecule has 4 nitrogen and oxygen atoms in total. The maximum Gasteiger partial charge on any atom is 0.225 e. The molecule has 0 saturated carbocycles. The highest BCUT2D eigenvalue weighted by Gasteiger charge is 2.02. The van der Waals surface area contributed by atoms with Crippen LogP contribution in [0.15, 0.2) is 22.8 Å². The molecule has 1 amide bonds. The van der Waals surface area contributed by atoms with Gasteiger partial charge in [-0.15, -0.1) is 0 Å². The Hall–Kier alpha value is -0.940. The fourth-order valence-electron chi connectivity index (χ4n) is 1.06. The molecule has 1 heterocycles. The highest BCUT2D eigenvalue weighted by Crippen LogP contribution is 2.12. The molecule has 0 unspecified atom stereocenters. The van der Waals surface area contributed by atoms with Crippen LogP contribution >= 0.6 is 15.9 Å². The third-order valence-electron chi connectivity index (χ3n) is 1.74. The first-order chi connectivity index (χ1) is 7.22. The number of anilines is 1. The van der Waals surface area contributed by atoms with Crippen molar-refractivity contribution in [1.82, 2.24) is 4.98 Å². The van der Waals surface area contributed by atoms with Crippen molar-refractivity contribution >= 4 is 27.7 Å². The van der Waals surface area contributed by atoms with Crippen molar-refractivity contribution < 1.29 is 9.53 Å². The van der Waals surface area contributed by atoms with Gasteiger partial charge in [-0.1, -0.05) is 15.9 Å². The van der Waals surface area contributed by atoms with Crippen LogP contribution in [-0.2, 0) is 9.53 Å². The van der Waals surface area contributed by atoms with Crippen molar-refractivity contribution in [3.8, 4) is 0 Å². The molecule has 1 aromatic heterocycles. The molecule has 0 aliphatic heterocycles. The maximum absolute atomic E-state index is 11.4. The Labute approximate surface area is 97.2 Å². The zero-order valence-corrected chi connectivity index (χ0v) is 10.1. The Morgan fingerprint density at radius 1 is 1.67 bits per heavy atom. The summed E-state index contributed by atoms with van der Waals surface area (Å²) in [6, 6.07) is 3.56. The van der Waals surface area contributed by atoms with E-state index in [1.807, 2.05) is 0 Å². The van der Waals surface area contributed by atoms with Gasteiger partial charge in [0.1, 0.15) is 5.82 Å². The largest absolute Gasteiger partial charge is 0.385 e. The Morgan fingerprint density at radius 3 is 3.13 bits per heavy atom. The number of hydrogen-bond acceptors (Lipinski definition) is 3. The van der Waals surface area contributed by atoms with Crippen molar-refractivity contribution in [2.75, 3.05) is 19.0 Å². The van der Waals surface area contributed by atoms with Crippen molar-refractivity contribution in [1.29, 1.82) is 0 Å². The Bertz CT molecular complexity index is 331. The number of aromatic nitrogens is 1. The molecule has 0 atom stereocenters. The highest BCUT2D eigenvalue weighted by atomic mass is 79.9. The number of carbonyl (C=O) groups excluding carboxylic acids is 1. The van der Waals surface area contributed by atoms with E-state index in [-0.39, 0.29) is 5.91 Å². The van der Waals surface area contributed by atoms with E-state index < -0.39 is 0 Å². The summed E-state index contributed by atoms with van der Waals surface area (Å²) in [6.45, 7) is 0.597. The smallest absolute Gasteiger partial charge is 0.225 e. The van der Waals surface area contributed by atoms with E-state index in [1.54, 1.807) is 25.4 Å². The Morgan fingerprint density at radius 2 is 2.47 bits per heavy atom. The van der Waals surface area contributed by atoms with E-state index in [1.165, 1.54) is 0 Å². The summed E-state index contributed by atoms with van der Waals surface area (Å²) in [6.07, 6.45) is 2.80. The predicted octanol–water partition coefficient (Wildman–Crippen LogP) is 2.21. The van der Waals surface area contributed by atoms with Gasteiger partial charge in [0.05, 0.1) is 0 Å². The van der Waals surface area contributed by atoms with Crippen molar-refractivity contribution in [3.63, 3.8) is 0 Å². The van der Waals surface area contributed by atoms with Gasteiger partial charge in [-0.05, 0) is 18.6 Å². The van der Waals surface area contributed by atoms with Crippen LogP contribution in [0.25, 0.3) is 0 Å². The highest BCUT2D eigenvalue weighted by molar-refractivity contribution is 9.10. The van der Waals surface area contributed by atoms with Crippen LogP contribution in [0.5, 0.6) is 0 Å². The van der Waals surface area contributed by atoms with Gasteiger partial charge in [-0.2, -0.15) is 0 Å². The van der Waals surface area contributed by atoms with Gasteiger partial charge in [0.2, 0.25) is 5.91 Å². The quantitative estimate of drug-likeness (QED) is 0.837. The second-order valence-corrected chi connectivity index (χ2v) is 3.92. The standard InChI is InChI=1S/C10H13BrN2O2/c1-15-6-2-3-10(14)13-9-7-8(11)4-5-12-9/h4-5,7H,2-3,6H2,1H3,(H,12,13,14). The molecule has 0 aliphatic rings. The van der Waals surface area contributed by atoms with Crippen LogP contribution in [0.2, 0.25) is 0 Å². The average molecular weight is 273 g/mol. The Kier molecular flexibility index (Phi) is 5.28. The van der Waals surface area contributed by atoms with Gasteiger partial charge in [0, 0.05) is 30.8 Å². The summed E-state index contributed by atoms with van der Waals surface area (Å²) < 4.78 is 5.75. The summed E-state index contributed by atoms with van der Waals surface area (Å²) in [5, 5.41) is 2.71. The first-order valence-corrected chi connectivity index (χ1v) is 5.42. The molecular formula is C10H13BrN2O2. The van der Waals surface area contributed by atoms with Crippen LogP contribution < -0.4 is 5.32 Å². The lowest BCUT2D eigenvalue weighted by molar-refractivity contribution is -0.116. The molecule has 1 N–H and O–H groups in total. The third-order valence-corrected chi connectivity index (χ3v) is 2.24. The van der Waals surface area contributed by atoms with E-state index in [2.05, 4.69) is 26.2 Å². The minimum absolute atomic E-state index is 0.0438. The molecule has 0 aromatic carbocycles. The van der Waals surface area contributed by atoms with Gasteiger partial charge >= 0.3 is 0 Å². The minimum atomic E-state index is -0.0438. The fraction of sp³-hybridized carbons (Fsp3) is 0.400. The zero-order chi connectivity index (χ0) is 11.1. The molecule has 1 aromatic rings. The molecule has 0 bridgehead atoms. The van der Waals surface area contributed by atoms with E-state index in [9.17, 15) is 4.79 Å². The number of ether oxygens (including phenoxy) is 1. The van der Waals surface area contributed by atoms with E-state index in [4.69, 9.17) is 4.74 Å². The van der Waals surface area contributed by atoms with Crippen LogP contribution in [0.1, 0.15) is 12.8 Å². The third kappa shape index (κ3) is 4.90. The van der Waals surface area contributed by atoms with Crippen LogP contribution in [-0.4, -0.2) is 24.6 Å². The molecule has 0 saturated heterocycles. The fourth-order valence-corrected chi connectivity index (χ4v) is 1.39. The number of nitrogens with zero attached hydrogens (tertiary/aromatic N) is 1. The summed E-state index contributed by atoms with van der Waals surface area (Å²) in [7, 11) is 1.62. The summed E-state index contributed by atoms with van der Waals surface area (Å²) in [4.78, 5) is 15.4. The monoisotopic (exact) mass is 272 g/mol. The number of methoxy groups -OCH3 is 1. The molecule has 0 spiro atoms. The van der Waals surface area contributed by atoms with Gasteiger partial charge in [-0.25, -0.2) is 4.98 Å². The number of hydrogen-bond donors (Lipinski definition) is 1. The SMILES string of the molecule is COCCCC(=O)Nc1cc(Br)ccn1. The first-order valence-electron chi connectivity index (χ1n) is 4.62. The predicted molar refractivity (Wildman–Crippen MR) is 61.7 cm³/mol. The summed E-state index contributed by atoms with van der Waals surface area (Å²) >= 11 is 3.30. The molecule has 0 fully saturated rings. The number of rotatable bonds is 5. The second-order valence-electron chi connectivity index (χ2n) is 3.00. The first kappa shape index (κ1) is 12.1. The summed E-state index contributed by atoms with van der Waals surface area (Å²) in [5.41, 5.74) is 0. The van der Waals surface area contributed by atoms with Gasteiger partial charge < -0.3 is 10.1 Å². The normalized spacial score (nSPS) is 10.0. The lowest BCUT2D eigenvalue weighted by atomic mass is 10.3. The van der Waals surface area contributed by atoms with E-state index in [0.29, 0.717) is 18.8 Å². The Balaban J connectivity index is 2.37. The van der Waals surface area contributed by atoms with E-state index in [0.717, 1.165) is 10.9 Å². The van der Waals surface area contributed by atoms with Gasteiger partial charge in [0.25, 0.3) is 0 Å². The number of amides is 1. The average Bonchev–Trinajstić information content (AvgIpc) is 2.18. The van der Waals surface area contributed by atoms with Crippen molar-refractivity contribution in [3.05, 3.63) is 22.8 Å². The van der Waals surface area contributed by atoms with Gasteiger partial charge in [-0.3, -0.25) is 4.79 Å². The topological polar surface area (TPSA) is 51.2 Å². The lowest BCUT2D eigenvalue weighted by Gasteiger charge is -2.03. The van der Waals surface area contributed by atoms with Crippen molar-refractivity contribution in [2.24, 2.45) is 0 Å². The van der Waals surface area contributed by atoms with Crippen LogP contribution in [0.3, 0.4) is 0 Å². The molecule has 1 rings (SSSR count). The molecule has 0 radical (unpaired) electrons. The number of carbonyl (C=O) groups is 1. The van der Waals surface area contributed by atoms with Crippen LogP contribution in [0, 0.1) is 0 Å². The molecule has 15 heavy (non-hydrogen) atoms. The van der Waals surface area contributed by atoms with Gasteiger partial charge in [0.15, 0.2) is 0 Å². The second kappa shape index (κ2) is 6.53. The number of pyridine rings is 1. The van der Waals surface area contributed by atoms with Crippen LogP contribution in [0.4, 0.5) is 5.82 Å². The summed E-state index contributed by atoms with van der Waals surface area (Å²) in [5.74, 6) is 0.518.